The van der Waals surface area contributed by atoms with Crippen molar-refractivity contribution in [2.24, 2.45) is 0 Å². The van der Waals surface area contributed by atoms with Crippen LogP contribution in [0.25, 0.3) is 0 Å². The van der Waals surface area contributed by atoms with E-state index in [1.807, 2.05) is 13.8 Å². The van der Waals surface area contributed by atoms with E-state index in [1.165, 1.54) is 31.1 Å². The molecule has 1 aromatic heterocycles. The first kappa shape index (κ1) is 18.2. The van der Waals surface area contributed by atoms with Gasteiger partial charge in [-0.2, -0.15) is 0 Å². The first-order chi connectivity index (χ1) is 12.7. The van der Waals surface area contributed by atoms with E-state index in [9.17, 15) is 4.79 Å². The Hall–Kier alpha value is -2.63. The van der Waals surface area contributed by atoms with E-state index >= 15 is 0 Å². The molecule has 138 valence electrons. The third-order valence-corrected chi connectivity index (χ3v) is 4.78. The third kappa shape index (κ3) is 4.31. The Morgan fingerprint density at radius 1 is 1.04 bits per heavy atom. The maximum absolute atomic E-state index is 12.3. The number of nitrogens with zero attached hydrogens (tertiary/aromatic N) is 4. The lowest BCUT2D eigenvalue weighted by Gasteiger charge is -2.28. The van der Waals surface area contributed by atoms with E-state index in [0.29, 0.717) is 24.6 Å². The molecule has 0 saturated carbocycles. The molecule has 0 spiro atoms. The topological polar surface area (TPSA) is 61.4 Å². The lowest BCUT2D eigenvalue weighted by Crippen LogP contribution is -2.31. The highest BCUT2D eigenvalue weighted by atomic mass is 16.2. The van der Waals surface area contributed by atoms with Crippen molar-refractivity contribution in [2.45, 2.75) is 33.1 Å². The van der Waals surface area contributed by atoms with Crippen LogP contribution in [0.1, 0.15) is 43.6 Å². The van der Waals surface area contributed by atoms with Crippen molar-refractivity contribution in [3.8, 4) is 0 Å². The molecule has 1 fully saturated rings. The molecule has 0 radical (unpaired) electrons. The van der Waals surface area contributed by atoms with Crippen LogP contribution in [0.15, 0.2) is 36.7 Å². The Morgan fingerprint density at radius 3 is 2.31 bits per heavy atom. The highest BCUT2D eigenvalue weighted by Crippen LogP contribution is 2.23. The van der Waals surface area contributed by atoms with Crippen molar-refractivity contribution in [3.63, 3.8) is 0 Å². The van der Waals surface area contributed by atoms with Gasteiger partial charge in [-0.3, -0.25) is 4.79 Å². The molecule has 6 heteroatoms. The molecule has 2 heterocycles. The summed E-state index contributed by atoms with van der Waals surface area (Å²) in [4.78, 5) is 25.0. The summed E-state index contributed by atoms with van der Waals surface area (Å²) < 4.78 is 0. The molecule has 0 bridgehead atoms. The first-order valence-electron chi connectivity index (χ1n) is 9.44. The van der Waals surface area contributed by atoms with Gasteiger partial charge in [0, 0.05) is 37.6 Å². The molecule has 1 aliphatic heterocycles. The molecular weight excluding hydrogens is 326 g/mol. The number of aromatic nitrogens is 2. The third-order valence-electron chi connectivity index (χ3n) is 4.78. The highest BCUT2D eigenvalue weighted by molar-refractivity contribution is 5.92. The molecule has 0 unspecified atom stereocenters. The summed E-state index contributed by atoms with van der Waals surface area (Å²) in [5.74, 6) is 0.548. The van der Waals surface area contributed by atoms with E-state index in [0.717, 1.165) is 18.8 Å². The normalized spacial score (nSPS) is 14.2. The van der Waals surface area contributed by atoms with Gasteiger partial charge in [-0.25, -0.2) is 9.97 Å². The lowest BCUT2D eigenvalue weighted by molar-refractivity contribution is 0.0766. The maximum atomic E-state index is 12.3. The summed E-state index contributed by atoms with van der Waals surface area (Å²) in [6.07, 6.45) is 7.02. The second-order valence-corrected chi connectivity index (χ2v) is 6.48. The number of carbonyl (C=O) groups excluding carboxylic acids is 1. The Balaban J connectivity index is 1.62. The molecule has 1 aliphatic rings. The monoisotopic (exact) mass is 353 g/mol. The molecule has 3 rings (SSSR count). The van der Waals surface area contributed by atoms with Gasteiger partial charge in [-0.1, -0.05) is 0 Å². The highest BCUT2D eigenvalue weighted by Gasteiger charge is 2.14. The zero-order chi connectivity index (χ0) is 18.4. The van der Waals surface area contributed by atoms with Crippen molar-refractivity contribution >= 4 is 23.1 Å². The molecule has 6 nitrogen and oxygen atoms in total. The number of piperidine rings is 1. The number of nitrogens with one attached hydrogen (secondary N) is 1. The fraction of sp³-hybridized carbons (Fsp3) is 0.450. The fourth-order valence-corrected chi connectivity index (χ4v) is 3.23. The molecule has 1 N–H and O–H groups in total. The summed E-state index contributed by atoms with van der Waals surface area (Å²) in [6, 6.07) is 8.39. The number of hydrogen-bond acceptors (Lipinski definition) is 5. The van der Waals surface area contributed by atoms with Crippen LogP contribution >= 0.6 is 0 Å². The summed E-state index contributed by atoms with van der Waals surface area (Å²) >= 11 is 0. The minimum Gasteiger partial charge on any atom is -0.372 e. The molecular formula is C20H27N5O. The minimum absolute atomic E-state index is 0.0834. The second-order valence-electron chi connectivity index (χ2n) is 6.48. The summed E-state index contributed by atoms with van der Waals surface area (Å²) in [6.45, 7) is 7.53. The second kappa shape index (κ2) is 8.65. The van der Waals surface area contributed by atoms with Crippen LogP contribution in [0.5, 0.6) is 0 Å². The predicted molar refractivity (Wildman–Crippen MR) is 105 cm³/mol. The van der Waals surface area contributed by atoms with E-state index in [4.69, 9.17) is 0 Å². The van der Waals surface area contributed by atoms with Gasteiger partial charge in [0.25, 0.3) is 5.91 Å². The average Bonchev–Trinajstić information content (AvgIpc) is 2.71. The van der Waals surface area contributed by atoms with Gasteiger partial charge in [0.1, 0.15) is 11.5 Å². The quantitative estimate of drug-likeness (QED) is 0.858. The SMILES string of the molecule is CCN(CC)C(=O)c1cnc(Nc2ccc(N3CCCCC3)cc2)cn1. The largest absolute Gasteiger partial charge is 0.372 e. The van der Waals surface area contributed by atoms with Crippen molar-refractivity contribution < 1.29 is 4.79 Å². The molecule has 0 atom stereocenters. The number of amides is 1. The van der Waals surface area contributed by atoms with Crippen molar-refractivity contribution in [3.05, 3.63) is 42.4 Å². The van der Waals surface area contributed by atoms with Crippen LogP contribution < -0.4 is 10.2 Å². The molecule has 1 amide bonds. The number of hydrogen-bond donors (Lipinski definition) is 1. The van der Waals surface area contributed by atoms with Crippen LogP contribution in [-0.2, 0) is 0 Å². The zero-order valence-electron chi connectivity index (χ0n) is 15.6. The van der Waals surface area contributed by atoms with Gasteiger partial charge in [-0.05, 0) is 57.4 Å². The van der Waals surface area contributed by atoms with Crippen LogP contribution in [0.3, 0.4) is 0 Å². The number of anilines is 3. The van der Waals surface area contributed by atoms with E-state index in [1.54, 1.807) is 11.1 Å². The summed E-state index contributed by atoms with van der Waals surface area (Å²) in [7, 11) is 0. The molecule has 26 heavy (non-hydrogen) atoms. The van der Waals surface area contributed by atoms with Crippen molar-refractivity contribution in [1.29, 1.82) is 0 Å². The Kier molecular flexibility index (Phi) is 6.04. The number of rotatable bonds is 6. The van der Waals surface area contributed by atoms with Gasteiger partial charge in [-0.15, -0.1) is 0 Å². The van der Waals surface area contributed by atoms with Crippen LogP contribution in [0.4, 0.5) is 17.2 Å². The van der Waals surface area contributed by atoms with Gasteiger partial charge < -0.3 is 15.1 Å². The smallest absolute Gasteiger partial charge is 0.274 e. The van der Waals surface area contributed by atoms with Gasteiger partial charge in [0.15, 0.2) is 0 Å². The molecule has 1 aromatic carbocycles. The van der Waals surface area contributed by atoms with Gasteiger partial charge in [0.2, 0.25) is 0 Å². The number of carbonyl (C=O) groups is 1. The van der Waals surface area contributed by atoms with Gasteiger partial charge in [0.05, 0.1) is 12.4 Å². The lowest BCUT2D eigenvalue weighted by atomic mass is 10.1. The summed E-state index contributed by atoms with van der Waals surface area (Å²) in [5, 5.41) is 3.24. The minimum atomic E-state index is -0.0834. The first-order valence-corrected chi connectivity index (χ1v) is 9.44. The van der Waals surface area contributed by atoms with E-state index in [-0.39, 0.29) is 5.91 Å². The summed E-state index contributed by atoms with van der Waals surface area (Å²) in [5.41, 5.74) is 2.60. The zero-order valence-corrected chi connectivity index (χ0v) is 15.6. The molecule has 0 aliphatic carbocycles. The van der Waals surface area contributed by atoms with Gasteiger partial charge >= 0.3 is 0 Å². The van der Waals surface area contributed by atoms with Crippen molar-refractivity contribution in [2.75, 3.05) is 36.4 Å². The Labute approximate surface area is 155 Å². The predicted octanol–water partition coefficient (Wildman–Crippen LogP) is 3.69. The molecule has 2 aromatic rings. The Bertz CT molecular complexity index is 704. The maximum Gasteiger partial charge on any atom is 0.274 e. The standard InChI is InChI=1S/C20H27N5O/c1-3-24(4-2)20(26)18-14-22-19(15-21-18)23-16-8-10-17(11-9-16)25-12-6-5-7-13-25/h8-11,14-15H,3-7,12-13H2,1-2H3,(H,22,23). The van der Waals surface area contributed by atoms with Crippen LogP contribution in [0.2, 0.25) is 0 Å². The van der Waals surface area contributed by atoms with E-state index in [2.05, 4.69) is 44.5 Å². The average molecular weight is 353 g/mol. The van der Waals surface area contributed by atoms with Crippen LogP contribution in [-0.4, -0.2) is 47.0 Å². The fourth-order valence-electron chi connectivity index (χ4n) is 3.23. The Morgan fingerprint density at radius 2 is 1.73 bits per heavy atom. The molecule has 1 saturated heterocycles. The van der Waals surface area contributed by atoms with E-state index < -0.39 is 0 Å². The van der Waals surface area contributed by atoms with Crippen molar-refractivity contribution in [1.82, 2.24) is 14.9 Å². The van der Waals surface area contributed by atoms with Crippen LogP contribution in [0, 0.1) is 0 Å². The number of benzene rings is 1.